The van der Waals surface area contributed by atoms with Gasteiger partial charge in [0, 0.05) is 19.4 Å². The fourth-order valence-corrected chi connectivity index (χ4v) is 4.40. The number of carbonyl (C=O) groups excluding carboxylic acids is 1. The Morgan fingerprint density at radius 2 is 2.15 bits per heavy atom. The highest BCUT2D eigenvalue weighted by molar-refractivity contribution is 8.00. The van der Waals surface area contributed by atoms with E-state index >= 15 is 0 Å². The van der Waals surface area contributed by atoms with Gasteiger partial charge in [0.15, 0.2) is 0 Å². The van der Waals surface area contributed by atoms with Gasteiger partial charge in [-0.05, 0) is 18.4 Å². The molecule has 2 N–H and O–H groups in total. The minimum atomic E-state index is 0.230. The van der Waals surface area contributed by atoms with Crippen molar-refractivity contribution in [3.63, 3.8) is 0 Å². The van der Waals surface area contributed by atoms with Crippen LogP contribution in [0, 0.1) is 12.8 Å². The minimum absolute atomic E-state index is 0.230. The van der Waals surface area contributed by atoms with Crippen LogP contribution in [-0.4, -0.2) is 36.2 Å². The van der Waals surface area contributed by atoms with Crippen LogP contribution < -0.4 is 5.32 Å². The molecular formula is C16H23N2OS+. The van der Waals surface area contributed by atoms with Crippen LogP contribution in [0.1, 0.15) is 29.3 Å². The average molecular weight is 291 g/mol. The zero-order valence-corrected chi connectivity index (χ0v) is 12.9. The molecule has 1 amide bonds. The molecule has 0 radical (unpaired) electrons. The van der Waals surface area contributed by atoms with Crippen molar-refractivity contribution < 1.29 is 10.1 Å². The van der Waals surface area contributed by atoms with Gasteiger partial charge in [0.2, 0.25) is 5.91 Å². The van der Waals surface area contributed by atoms with Crippen LogP contribution in [0.15, 0.2) is 24.3 Å². The number of amides is 1. The van der Waals surface area contributed by atoms with Gasteiger partial charge in [0.05, 0.1) is 18.8 Å². The highest BCUT2D eigenvalue weighted by Crippen LogP contribution is 2.39. The molecule has 2 fully saturated rings. The van der Waals surface area contributed by atoms with Gasteiger partial charge < -0.3 is 10.2 Å². The lowest BCUT2D eigenvalue weighted by Crippen LogP contribution is -2.86. The number of benzene rings is 1. The predicted molar refractivity (Wildman–Crippen MR) is 82.5 cm³/mol. The second-order valence-corrected chi connectivity index (χ2v) is 7.00. The van der Waals surface area contributed by atoms with E-state index in [0.717, 1.165) is 6.54 Å². The summed E-state index contributed by atoms with van der Waals surface area (Å²) in [7, 11) is 0. The molecule has 2 aliphatic heterocycles. The summed E-state index contributed by atoms with van der Waals surface area (Å²) in [5, 5.41) is 2.61. The van der Waals surface area contributed by atoms with Crippen LogP contribution in [0.2, 0.25) is 0 Å². The second-order valence-electron chi connectivity index (χ2n) is 5.93. The van der Waals surface area contributed by atoms with E-state index in [9.17, 15) is 4.79 Å². The van der Waals surface area contributed by atoms with E-state index in [2.05, 4.69) is 41.4 Å². The summed E-state index contributed by atoms with van der Waals surface area (Å²) < 4.78 is 0. The number of hydrogen-bond donors (Lipinski definition) is 1. The van der Waals surface area contributed by atoms with Gasteiger partial charge >= 0.3 is 0 Å². The third-order valence-corrected chi connectivity index (χ3v) is 5.56. The number of quaternary nitrogens is 1. The Labute approximate surface area is 125 Å². The molecule has 3 nitrogen and oxygen atoms in total. The number of rotatable bonds is 3. The standard InChI is InChI=1S/C16H22N2OS/c1-12-3-2-4-14(9-12)16-18(15(19)11-20-16)10-13-5-7-17-8-6-13/h2-4,9,13,16-17H,5-8,10-11H2,1H3/p+1/t16-/m0/s1. The molecule has 2 saturated heterocycles. The highest BCUT2D eigenvalue weighted by atomic mass is 32.2. The van der Waals surface area contributed by atoms with Crippen molar-refractivity contribution in [2.24, 2.45) is 5.92 Å². The summed E-state index contributed by atoms with van der Waals surface area (Å²) in [6, 6.07) is 8.59. The molecule has 1 aromatic rings. The first kappa shape index (κ1) is 14.0. The smallest absolute Gasteiger partial charge is 0.233 e. The van der Waals surface area contributed by atoms with Crippen molar-refractivity contribution in [3.8, 4) is 0 Å². The number of nitrogens with zero attached hydrogens (tertiary/aromatic N) is 1. The number of carbonyl (C=O) groups is 1. The Kier molecular flexibility index (Phi) is 4.32. The maximum atomic E-state index is 12.2. The normalized spacial score (nSPS) is 24.4. The van der Waals surface area contributed by atoms with E-state index in [0.29, 0.717) is 17.6 Å². The fraction of sp³-hybridized carbons (Fsp3) is 0.562. The molecule has 0 bridgehead atoms. The van der Waals surface area contributed by atoms with Gasteiger partial charge in [0.25, 0.3) is 0 Å². The maximum absolute atomic E-state index is 12.2. The topological polar surface area (TPSA) is 36.9 Å². The number of nitrogens with two attached hydrogens (primary N) is 1. The number of piperidine rings is 1. The van der Waals surface area contributed by atoms with Gasteiger partial charge in [-0.25, -0.2) is 0 Å². The lowest BCUT2D eigenvalue weighted by Gasteiger charge is -2.30. The Balaban J connectivity index is 1.74. The zero-order chi connectivity index (χ0) is 13.9. The lowest BCUT2D eigenvalue weighted by molar-refractivity contribution is -0.664. The van der Waals surface area contributed by atoms with Crippen molar-refractivity contribution in [3.05, 3.63) is 35.4 Å². The highest BCUT2D eigenvalue weighted by Gasteiger charge is 2.34. The molecule has 3 rings (SSSR count). The van der Waals surface area contributed by atoms with Crippen LogP contribution in [0.25, 0.3) is 0 Å². The van der Waals surface area contributed by atoms with Crippen LogP contribution in [0.5, 0.6) is 0 Å². The molecule has 0 aromatic heterocycles. The fourth-order valence-electron chi connectivity index (χ4n) is 3.21. The molecule has 0 aliphatic carbocycles. The van der Waals surface area contributed by atoms with Gasteiger partial charge in [0.1, 0.15) is 5.37 Å². The van der Waals surface area contributed by atoms with Crippen molar-refractivity contribution in [1.29, 1.82) is 0 Å². The molecule has 1 aromatic carbocycles. The van der Waals surface area contributed by atoms with Crippen LogP contribution in [0.3, 0.4) is 0 Å². The van der Waals surface area contributed by atoms with Crippen molar-refractivity contribution in [2.45, 2.75) is 25.1 Å². The molecule has 0 unspecified atom stereocenters. The first-order valence-electron chi connectivity index (χ1n) is 7.53. The molecular weight excluding hydrogens is 268 g/mol. The number of thioether (sulfide) groups is 1. The maximum Gasteiger partial charge on any atom is 0.233 e. The first-order valence-corrected chi connectivity index (χ1v) is 8.58. The second kappa shape index (κ2) is 6.19. The van der Waals surface area contributed by atoms with Crippen LogP contribution in [0.4, 0.5) is 0 Å². The summed E-state index contributed by atoms with van der Waals surface area (Å²) in [6.07, 6.45) is 2.49. The molecule has 0 spiro atoms. The van der Waals surface area contributed by atoms with E-state index in [-0.39, 0.29) is 5.37 Å². The third-order valence-electron chi connectivity index (χ3n) is 4.31. The summed E-state index contributed by atoms with van der Waals surface area (Å²) in [5.41, 5.74) is 2.55. The van der Waals surface area contributed by atoms with E-state index < -0.39 is 0 Å². The van der Waals surface area contributed by atoms with E-state index in [1.807, 2.05) is 0 Å². The summed E-state index contributed by atoms with van der Waals surface area (Å²) >= 11 is 1.78. The lowest BCUT2D eigenvalue weighted by atomic mass is 9.97. The third kappa shape index (κ3) is 3.01. The Bertz CT molecular complexity index is 485. The Morgan fingerprint density at radius 1 is 1.35 bits per heavy atom. The molecule has 108 valence electrons. The first-order chi connectivity index (χ1) is 9.74. The quantitative estimate of drug-likeness (QED) is 0.917. The molecule has 1 atom stereocenters. The van der Waals surface area contributed by atoms with Crippen LogP contribution in [-0.2, 0) is 4.79 Å². The molecule has 2 heterocycles. The molecule has 20 heavy (non-hydrogen) atoms. The van der Waals surface area contributed by atoms with Crippen molar-refractivity contribution >= 4 is 17.7 Å². The van der Waals surface area contributed by atoms with Crippen LogP contribution >= 0.6 is 11.8 Å². The average Bonchev–Trinajstić information content (AvgIpc) is 2.82. The van der Waals surface area contributed by atoms with E-state index in [1.54, 1.807) is 11.8 Å². The van der Waals surface area contributed by atoms with Gasteiger partial charge in [-0.2, -0.15) is 0 Å². The largest absolute Gasteiger partial charge is 0.346 e. The van der Waals surface area contributed by atoms with Crippen molar-refractivity contribution in [2.75, 3.05) is 25.4 Å². The SMILES string of the molecule is Cc1cccc([C@@H]2SCC(=O)N2CC2CC[NH2+]CC2)c1. The zero-order valence-electron chi connectivity index (χ0n) is 12.0. The summed E-state index contributed by atoms with van der Waals surface area (Å²) in [4.78, 5) is 14.3. The van der Waals surface area contributed by atoms with Crippen molar-refractivity contribution in [1.82, 2.24) is 4.90 Å². The molecule has 2 aliphatic rings. The van der Waals surface area contributed by atoms with Gasteiger partial charge in [-0.3, -0.25) is 4.79 Å². The van der Waals surface area contributed by atoms with Gasteiger partial charge in [-0.1, -0.05) is 29.8 Å². The Morgan fingerprint density at radius 3 is 2.90 bits per heavy atom. The molecule has 0 saturated carbocycles. The monoisotopic (exact) mass is 291 g/mol. The predicted octanol–water partition coefficient (Wildman–Crippen LogP) is 1.54. The Hall–Kier alpha value is -1.00. The minimum Gasteiger partial charge on any atom is -0.346 e. The van der Waals surface area contributed by atoms with E-state index in [1.165, 1.54) is 37.1 Å². The van der Waals surface area contributed by atoms with E-state index in [4.69, 9.17) is 0 Å². The summed E-state index contributed by atoms with van der Waals surface area (Å²) in [6.45, 7) is 5.49. The molecule has 4 heteroatoms. The number of aryl methyl sites for hydroxylation is 1. The van der Waals surface area contributed by atoms with Gasteiger partial charge in [-0.15, -0.1) is 11.8 Å². The number of hydrogen-bond acceptors (Lipinski definition) is 2. The summed E-state index contributed by atoms with van der Waals surface area (Å²) in [5.74, 6) is 1.64.